The summed E-state index contributed by atoms with van der Waals surface area (Å²) in [6.07, 6.45) is 15.6. The second-order valence-corrected chi connectivity index (χ2v) is 17.1. The molecule has 0 radical (unpaired) electrons. The van der Waals surface area contributed by atoms with E-state index in [0.29, 0.717) is 32.2 Å². The van der Waals surface area contributed by atoms with Crippen LogP contribution in [0.2, 0.25) is 0 Å². The Kier molecular flexibility index (Phi) is 38.6. The largest absolute Gasteiger partial charge is 0.481 e. The molecular weight excluding hydrogens is 905 g/mol. The Morgan fingerprint density at radius 2 is 0.783 bits per heavy atom. The highest BCUT2D eigenvalue weighted by atomic mass is 16.5. The Bertz CT molecular complexity index is 1550. The van der Waals surface area contributed by atoms with E-state index in [-0.39, 0.29) is 89.0 Å². The third-order valence-corrected chi connectivity index (χ3v) is 11.2. The number of hydrogen-bond donors (Lipinski definition) is 10. The van der Waals surface area contributed by atoms with Crippen molar-refractivity contribution in [3.63, 3.8) is 0 Å². The van der Waals surface area contributed by atoms with Gasteiger partial charge in [-0.05, 0) is 65.3 Å². The summed E-state index contributed by atoms with van der Waals surface area (Å²) in [4.78, 5) is 119. The summed E-state index contributed by atoms with van der Waals surface area (Å²) in [6.45, 7) is 1.43. The summed E-state index contributed by atoms with van der Waals surface area (Å²) >= 11 is 0. The molecule has 10 N–H and O–H groups in total. The minimum absolute atomic E-state index is 0.0180. The average molecular weight is 987 g/mol. The summed E-state index contributed by atoms with van der Waals surface area (Å²) in [6, 6.07) is -4.35. The third-order valence-electron chi connectivity index (χ3n) is 11.2. The van der Waals surface area contributed by atoms with E-state index in [4.69, 9.17) is 14.6 Å². The SMILES string of the molecule is CNC(CCCCNC(=O)CCC(NC(=O)CC[C@H](NC(=O)COCCOCCNC(=O)CC[C@H](NC(=O)CCCCCCCCCCCCCCCCC(=O)O)C(=O)O)C(=O)O)C(=O)O)C(C)=O. The quantitative estimate of drug-likeness (QED) is 0.0392. The second-order valence-electron chi connectivity index (χ2n) is 17.1. The first kappa shape index (κ1) is 63.8. The van der Waals surface area contributed by atoms with E-state index in [2.05, 4.69) is 31.9 Å². The normalized spacial score (nSPS) is 12.7. The van der Waals surface area contributed by atoms with Gasteiger partial charge in [-0.25, -0.2) is 14.4 Å². The first-order chi connectivity index (χ1) is 33.0. The van der Waals surface area contributed by atoms with Crippen LogP contribution in [0, 0.1) is 0 Å². The number of amides is 5. The van der Waals surface area contributed by atoms with Crippen LogP contribution in [-0.2, 0) is 57.4 Å². The van der Waals surface area contributed by atoms with Crippen LogP contribution in [0.1, 0.15) is 167 Å². The number of carbonyl (C=O) groups is 10. The van der Waals surface area contributed by atoms with Crippen LogP contribution in [0.3, 0.4) is 0 Å². The molecule has 0 rings (SSSR count). The average Bonchev–Trinajstić information content (AvgIpc) is 3.29. The molecule has 69 heavy (non-hydrogen) atoms. The van der Waals surface area contributed by atoms with E-state index in [9.17, 15) is 63.3 Å². The second kappa shape index (κ2) is 41.7. The molecule has 0 aliphatic heterocycles. The Hall–Kier alpha value is -5.22. The molecule has 0 bridgehead atoms. The minimum Gasteiger partial charge on any atom is -0.481 e. The summed E-state index contributed by atoms with van der Waals surface area (Å²) in [5.41, 5.74) is 0. The van der Waals surface area contributed by atoms with Crippen LogP contribution in [0.4, 0.5) is 0 Å². The van der Waals surface area contributed by atoms with Crippen molar-refractivity contribution in [2.75, 3.05) is 46.6 Å². The number of carboxylic acid groups (broad SMARTS) is 4. The first-order valence-corrected chi connectivity index (χ1v) is 24.6. The first-order valence-electron chi connectivity index (χ1n) is 24.6. The summed E-state index contributed by atoms with van der Waals surface area (Å²) in [5.74, 6) is -7.55. The molecule has 396 valence electrons. The van der Waals surface area contributed by atoms with E-state index >= 15 is 0 Å². The monoisotopic (exact) mass is 987 g/mol. The fourth-order valence-corrected chi connectivity index (χ4v) is 7.13. The van der Waals surface area contributed by atoms with Gasteiger partial charge in [-0.2, -0.15) is 0 Å². The van der Waals surface area contributed by atoms with Crippen molar-refractivity contribution in [3.8, 4) is 0 Å². The number of ether oxygens (including phenoxy) is 2. The molecule has 0 aromatic rings. The standard InChI is InChI=1S/C47H82N6O16/c1-34(54)35(48-2)19-17-18-28-49-39(55)25-22-37(46(64)65)52-42(58)27-24-38(47(66)67)53-43(59)33-69-32-31-68-30-29-50-40(56)26-23-36(45(62)63)51-41(57)20-15-13-11-9-7-5-3-4-6-8-10-12-14-16-21-44(60)61/h35-38,48H,3-33H2,1-2H3,(H,49,55)(H,50,56)(H,51,57)(H,52,58)(H,53,59)(H,60,61)(H,62,63)(H,64,65)(H,66,67)/t35?,36-,37?,38-/m0/s1. The van der Waals surface area contributed by atoms with E-state index in [1.165, 1.54) is 39.0 Å². The molecule has 0 aliphatic rings. The number of aliphatic carboxylic acids is 4. The zero-order valence-electron chi connectivity index (χ0n) is 40.9. The van der Waals surface area contributed by atoms with E-state index in [0.717, 1.165) is 51.4 Å². The van der Waals surface area contributed by atoms with Crippen molar-refractivity contribution in [2.45, 2.75) is 192 Å². The van der Waals surface area contributed by atoms with Crippen LogP contribution < -0.4 is 31.9 Å². The van der Waals surface area contributed by atoms with Crippen LogP contribution >= 0.6 is 0 Å². The van der Waals surface area contributed by atoms with Gasteiger partial charge in [0, 0.05) is 45.2 Å². The summed E-state index contributed by atoms with van der Waals surface area (Å²) < 4.78 is 10.6. The van der Waals surface area contributed by atoms with Gasteiger partial charge in [0.15, 0.2) is 0 Å². The van der Waals surface area contributed by atoms with Gasteiger partial charge in [0.2, 0.25) is 29.5 Å². The van der Waals surface area contributed by atoms with Crippen LogP contribution in [0.25, 0.3) is 0 Å². The van der Waals surface area contributed by atoms with E-state index in [1.54, 1.807) is 7.05 Å². The maximum Gasteiger partial charge on any atom is 0.326 e. The maximum atomic E-state index is 12.5. The van der Waals surface area contributed by atoms with Gasteiger partial charge in [0.1, 0.15) is 30.5 Å². The summed E-state index contributed by atoms with van der Waals surface area (Å²) in [7, 11) is 1.69. The lowest BCUT2D eigenvalue weighted by atomic mass is 10.0. The molecular formula is C47H82N6O16. The lowest BCUT2D eigenvalue weighted by molar-refractivity contribution is -0.144. The number of carbonyl (C=O) groups excluding carboxylic acids is 6. The zero-order valence-corrected chi connectivity index (χ0v) is 40.9. The van der Waals surface area contributed by atoms with Crippen molar-refractivity contribution >= 4 is 59.2 Å². The molecule has 0 saturated carbocycles. The highest BCUT2D eigenvalue weighted by Crippen LogP contribution is 2.14. The zero-order chi connectivity index (χ0) is 51.7. The van der Waals surface area contributed by atoms with Gasteiger partial charge >= 0.3 is 23.9 Å². The number of ketones is 1. The minimum atomic E-state index is -1.48. The predicted octanol–water partition coefficient (Wildman–Crippen LogP) is 2.97. The Morgan fingerprint density at radius 1 is 0.391 bits per heavy atom. The number of nitrogens with one attached hydrogen (secondary N) is 6. The lowest BCUT2D eigenvalue weighted by Crippen LogP contribution is -2.45. The molecule has 0 saturated heterocycles. The number of hydrogen-bond acceptors (Lipinski definition) is 13. The van der Waals surface area contributed by atoms with Crippen molar-refractivity contribution in [3.05, 3.63) is 0 Å². The molecule has 4 atom stereocenters. The van der Waals surface area contributed by atoms with Crippen LogP contribution in [0.15, 0.2) is 0 Å². The van der Waals surface area contributed by atoms with E-state index < -0.39 is 78.7 Å². The molecule has 0 aromatic carbocycles. The highest BCUT2D eigenvalue weighted by molar-refractivity contribution is 5.87. The van der Waals surface area contributed by atoms with Crippen LogP contribution in [0.5, 0.6) is 0 Å². The molecule has 2 unspecified atom stereocenters. The van der Waals surface area contributed by atoms with Crippen molar-refractivity contribution in [2.24, 2.45) is 0 Å². The van der Waals surface area contributed by atoms with Gasteiger partial charge in [0.25, 0.3) is 0 Å². The molecule has 22 heteroatoms. The summed E-state index contributed by atoms with van der Waals surface area (Å²) in [5, 5.41) is 52.4. The van der Waals surface area contributed by atoms with Gasteiger partial charge in [0.05, 0.1) is 25.9 Å². The molecule has 5 amide bonds. The number of unbranched alkanes of at least 4 members (excludes halogenated alkanes) is 14. The maximum absolute atomic E-state index is 12.5. The lowest BCUT2D eigenvalue weighted by Gasteiger charge is -2.17. The number of rotatable bonds is 47. The third kappa shape index (κ3) is 38.3. The van der Waals surface area contributed by atoms with Gasteiger partial charge in [-0.15, -0.1) is 0 Å². The van der Waals surface area contributed by atoms with Gasteiger partial charge in [-0.3, -0.25) is 33.6 Å². The Morgan fingerprint density at radius 3 is 1.22 bits per heavy atom. The number of carboxylic acids is 4. The van der Waals surface area contributed by atoms with Gasteiger partial charge < -0.3 is 61.8 Å². The fraction of sp³-hybridized carbons (Fsp3) is 0.787. The molecule has 0 aliphatic carbocycles. The van der Waals surface area contributed by atoms with Crippen LogP contribution in [-0.4, -0.2) is 150 Å². The Balaban J connectivity index is 4.13. The number of likely N-dealkylation sites (N-methyl/N-ethyl adjacent to an activating group) is 1. The molecule has 0 aromatic heterocycles. The van der Waals surface area contributed by atoms with Gasteiger partial charge in [-0.1, -0.05) is 77.0 Å². The predicted molar refractivity (Wildman–Crippen MR) is 253 cm³/mol. The van der Waals surface area contributed by atoms with E-state index in [1.807, 2.05) is 0 Å². The van der Waals surface area contributed by atoms with Crippen molar-refractivity contribution < 1.29 is 77.8 Å². The van der Waals surface area contributed by atoms with Crippen molar-refractivity contribution in [1.82, 2.24) is 31.9 Å². The molecule has 0 spiro atoms. The Labute approximate surface area is 406 Å². The molecule has 0 heterocycles. The molecule has 22 nitrogen and oxygen atoms in total. The topological polar surface area (TPSA) is 342 Å². The highest BCUT2D eigenvalue weighted by Gasteiger charge is 2.25. The smallest absolute Gasteiger partial charge is 0.326 e. The molecule has 0 fully saturated rings. The fourth-order valence-electron chi connectivity index (χ4n) is 7.13. The van der Waals surface area contributed by atoms with Crippen molar-refractivity contribution in [1.29, 1.82) is 0 Å². The number of Topliss-reactive ketones (excluding diaryl/α,β-unsaturated/α-hetero) is 1.